The highest BCUT2D eigenvalue weighted by atomic mass is 28.4. The number of hydrogen-bond donors (Lipinski definition) is 1. The number of rotatable bonds is 6. The van der Waals surface area contributed by atoms with Crippen LogP contribution in [0.4, 0.5) is 0 Å². The minimum Gasteiger partial charge on any atom is -0.407 e. The topological polar surface area (TPSA) is 35.2 Å². The molecule has 1 aliphatic rings. The average molecular weight is 340 g/mol. The Morgan fingerprint density at radius 1 is 0.917 bits per heavy atom. The summed E-state index contributed by atoms with van der Waals surface area (Å²) in [5.41, 5.74) is 5.83. The van der Waals surface area contributed by atoms with Gasteiger partial charge in [0, 0.05) is 6.61 Å². The number of nitrogens with two attached hydrogens (primary N) is 1. The van der Waals surface area contributed by atoms with Crippen LogP contribution < -0.4 is 16.1 Å². The highest BCUT2D eigenvalue weighted by Crippen LogP contribution is 2.41. The van der Waals surface area contributed by atoms with Crippen molar-refractivity contribution >= 4 is 18.7 Å². The maximum Gasteiger partial charge on any atom is 0.261 e. The van der Waals surface area contributed by atoms with Crippen LogP contribution in [0.5, 0.6) is 0 Å². The van der Waals surface area contributed by atoms with Crippen molar-refractivity contribution in [2.24, 2.45) is 17.6 Å². The zero-order chi connectivity index (χ0) is 17.2. The largest absolute Gasteiger partial charge is 0.407 e. The first-order chi connectivity index (χ1) is 11.5. The Bertz CT molecular complexity index is 611. The average Bonchev–Trinajstić information content (AvgIpc) is 3.35. The summed E-state index contributed by atoms with van der Waals surface area (Å²) in [6.45, 7) is 8.59. The summed E-state index contributed by atoms with van der Waals surface area (Å²) in [5, 5.41) is 2.77. The molecule has 0 radical (unpaired) electrons. The molecule has 2 aromatic rings. The monoisotopic (exact) mass is 339 g/mol. The van der Waals surface area contributed by atoms with E-state index in [4.69, 9.17) is 10.2 Å². The van der Waals surface area contributed by atoms with E-state index in [1.807, 2.05) is 0 Å². The summed E-state index contributed by atoms with van der Waals surface area (Å²) < 4.78 is 6.91. The fourth-order valence-corrected chi connectivity index (χ4v) is 8.42. The first-order valence-electron chi connectivity index (χ1n) is 8.94. The molecule has 1 saturated carbocycles. The van der Waals surface area contributed by atoms with Gasteiger partial charge in [0.15, 0.2) is 0 Å². The molecular formula is C21H29NOSi. The van der Waals surface area contributed by atoms with Gasteiger partial charge in [-0.1, -0.05) is 81.4 Å². The molecule has 0 unspecified atom stereocenters. The van der Waals surface area contributed by atoms with Crippen molar-refractivity contribution in [3.8, 4) is 0 Å². The smallest absolute Gasteiger partial charge is 0.261 e. The van der Waals surface area contributed by atoms with Gasteiger partial charge in [-0.15, -0.1) is 0 Å². The molecule has 1 fully saturated rings. The zero-order valence-electron chi connectivity index (χ0n) is 15.0. The summed E-state index contributed by atoms with van der Waals surface area (Å²) in [7, 11) is -2.36. The fourth-order valence-electron chi connectivity index (χ4n) is 3.80. The first-order valence-corrected chi connectivity index (χ1v) is 10.8. The van der Waals surface area contributed by atoms with Gasteiger partial charge in [-0.05, 0) is 40.2 Å². The van der Waals surface area contributed by atoms with E-state index in [1.165, 1.54) is 16.8 Å². The molecule has 2 aromatic carbocycles. The van der Waals surface area contributed by atoms with Crippen LogP contribution in [0.2, 0.25) is 5.04 Å². The van der Waals surface area contributed by atoms with Gasteiger partial charge >= 0.3 is 0 Å². The van der Waals surface area contributed by atoms with Crippen molar-refractivity contribution in [1.29, 1.82) is 0 Å². The molecule has 0 bridgehead atoms. The van der Waals surface area contributed by atoms with Crippen LogP contribution in [-0.2, 0) is 4.43 Å². The van der Waals surface area contributed by atoms with Crippen LogP contribution >= 0.6 is 0 Å². The lowest BCUT2D eigenvalue weighted by molar-refractivity contribution is 0.274. The second-order valence-electron chi connectivity index (χ2n) is 7.97. The SMILES string of the molecule is CC(C)(C)[Si](OC[C@@H]1C[C@H]1CN)(c1ccccc1)c1ccccc1. The molecule has 1 aliphatic carbocycles. The lowest BCUT2D eigenvalue weighted by Gasteiger charge is -2.43. The maximum atomic E-state index is 6.91. The van der Waals surface area contributed by atoms with Gasteiger partial charge in [0.2, 0.25) is 0 Å². The van der Waals surface area contributed by atoms with E-state index >= 15 is 0 Å². The minimum atomic E-state index is -2.36. The summed E-state index contributed by atoms with van der Waals surface area (Å²) >= 11 is 0. The molecule has 0 aliphatic heterocycles. The summed E-state index contributed by atoms with van der Waals surface area (Å²) in [4.78, 5) is 0. The first kappa shape index (κ1) is 17.4. The van der Waals surface area contributed by atoms with E-state index in [9.17, 15) is 0 Å². The van der Waals surface area contributed by atoms with Gasteiger partial charge in [-0.3, -0.25) is 0 Å². The normalized spacial score (nSPS) is 20.8. The third kappa shape index (κ3) is 3.21. The van der Waals surface area contributed by atoms with Gasteiger partial charge in [0.1, 0.15) is 0 Å². The van der Waals surface area contributed by atoms with Crippen molar-refractivity contribution in [3.63, 3.8) is 0 Å². The molecule has 0 aromatic heterocycles. The molecule has 0 amide bonds. The third-order valence-electron chi connectivity index (χ3n) is 5.30. The fraction of sp³-hybridized carbons (Fsp3) is 0.429. The molecule has 2 N–H and O–H groups in total. The van der Waals surface area contributed by atoms with Gasteiger partial charge in [-0.25, -0.2) is 0 Å². The Kier molecular flexibility index (Phi) is 4.95. The minimum absolute atomic E-state index is 0.0583. The Hall–Kier alpha value is -1.42. The third-order valence-corrected chi connectivity index (χ3v) is 10.3. The Morgan fingerprint density at radius 3 is 1.79 bits per heavy atom. The molecule has 2 atom stereocenters. The van der Waals surface area contributed by atoms with Crippen LogP contribution in [0, 0.1) is 11.8 Å². The van der Waals surface area contributed by atoms with E-state index in [-0.39, 0.29) is 5.04 Å². The Balaban J connectivity index is 2.04. The predicted octanol–water partition coefficient (Wildman–Crippen LogP) is 3.16. The molecule has 3 rings (SSSR count). The van der Waals surface area contributed by atoms with Gasteiger partial charge in [0.25, 0.3) is 8.32 Å². The second-order valence-corrected chi connectivity index (χ2v) is 12.3. The molecule has 2 nitrogen and oxygen atoms in total. The standard InChI is InChI=1S/C21H29NOSi/c1-21(2,3)24(19-10-6-4-7-11-19,20-12-8-5-9-13-20)23-16-18-14-17(18)15-22/h4-13,17-18H,14-16,22H2,1-3H3/t17-,18-/m0/s1. The van der Waals surface area contributed by atoms with Crippen molar-refractivity contribution in [1.82, 2.24) is 0 Å². The lowest BCUT2D eigenvalue weighted by Crippen LogP contribution is -2.66. The predicted molar refractivity (Wildman–Crippen MR) is 104 cm³/mol. The Morgan fingerprint density at radius 2 is 1.42 bits per heavy atom. The highest BCUT2D eigenvalue weighted by molar-refractivity contribution is 6.99. The molecule has 0 saturated heterocycles. The van der Waals surface area contributed by atoms with Crippen LogP contribution in [0.3, 0.4) is 0 Å². The van der Waals surface area contributed by atoms with E-state index in [1.54, 1.807) is 0 Å². The maximum absolute atomic E-state index is 6.91. The Labute approximate surface area is 147 Å². The van der Waals surface area contributed by atoms with Gasteiger partial charge in [-0.2, -0.15) is 0 Å². The summed E-state index contributed by atoms with van der Waals surface area (Å²) in [5.74, 6) is 1.29. The van der Waals surface area contributed by atoms with Crippen LogP contribution in [0.1, 0.15) is 27.2 Å². The van der Waals surface area contributed by atoms with Crippen molar-refractivity contribution in [3.05, 3.63) is 60.7 Å². The number of hydrogen-bond acceptors (Lipinski definition) is 2. The van der Waals surface area contributed by atoms with E-state index in [0.29, 0.717) is 11.8 Å². The van der Waals surface area contributed by atoms with Crippen LogP contribution in [0.25, 0.3) is 0 Å². The van der Waals surface area contributed by atoms with Crippen molar-refractivity contribution in [2.75, 3.05) is 13.2 Å². The van der Waals surface area contributed by atoms with E-state index < -0.39 is 8.32 Å². The molecule has 128 valence electrons. The summed E-state index contributed by atoms with van der Waals surface area (Å²) in [6.07, 6.45) is 1.22. The summed E-state index contributed by atoms with van der Waals surface area (Å²) in [6, 6.07) is 21.7. The molecule has 24 heavy (non-hydrogen) atoms. The molecule has 3 heteroatoms. The molecular weight excluding hydrogens is 310 g/mol. The van der Waals surface area contributed by atoms with E-state index in [0.717, 1.165) is 13.2 Å². The van der Waals surface area contributed by atoms with E-state index in [2.05, 4.69) is 81.4 Å². The number of benzene rings is 2. The highest BCUT2D eigenvalue weighted by Gasteiger charge is 2.51. The quantitative estimate of drug-likeness (QED) is 0.821. The van der Waals surface area contributed by atoms with Gasteiger partial charge in [0.05, 0.1) is 0 Å². The molecule has 0 heterocycles. The van der Waals surface area contributed by atoms with Crippen LogP contribution in [-0.4, -0.2) is 21.5 Å². The van der Waals surface area contributed by atoms with Crippen molar-refractivity contribution < 1.29 is 4.43 Å². The zero-order valence-corrected chi connectivity index (χ0v) is 16.0. The lowest BCUT2D eigenvalue weighted by atomic mass is 10.2. The molecule has 0 spiro atoms. The van der Waals surface area contributed by atoms with Gasteiger partial charge < -0.3 is 10.2 Å². The second kappa shape index (κ2) is 6.83. The van der Waals surface area contributed by atoms with Crippen LogP contribution in [0.15, 0.2) is 60.7 Å². The van der Waals surface area contributed by atoms with Crippen molar-refractivity contribution in [2.45, 2.75) is 32.2 Å².